The molecule has 0 spiro atoms. The van der Waals surface area contributed by atoms with Crippen molar-refractivity contribution < 1.29 is 14.7 Å². The number of amides is 1. The number of aliphatic carboxylic acids is 1. The van der Waals surface area contributed by atoms with Crippen LogP contribution in [0.1, 0.15) is 33.1 Å². The molecule has 1 aliphatic heterocycles. The van der Waals surface area contributed by atoms with Crippen LogP contribution in [0.15, 0.2) is 0 Å². The van der Waals surface area contributed by atoms with Crippen molar-refractivity contribution >= 4 is 11.9 Å². The summed E-state index contributed by atoms with van der Waals surface area (Å²) in [5.74, 6) is -0.940. The van der Waals surface area contributed by atoms with Crippen LogP contribution >= 0.6 is 0 Å². The lowest BCUT2D eigenvalue weighted by atomic mass is 9.94. The number of piperidine rings is 1. The number of carboxylic acid groups (broad SMARTS) is 1. The van der Waals surface area contributed by atoms with E-state index in [1.807, 2.05) is 13.8 Å². The van der Waals surface area contributed by atoms with Crippen molar-refractivity contribution in [3.63, 3.8) is 0 Å². The van der Waals surface area contributed by atoms with Crippen molar-refractivity contribution in [2.75, 3.05) is 13.1 Å². The van der Waals surface area contributed by atoms with Crippen LogP contribution in [0.3, 0.4) is 0 Å². The minimum Gasteiger partial charge on any atom is -0.481 e. The molecule has 1 heterocycles. The number of nitrogens with two attached hydrogens (primary N) is 1. The lowest BCUT2D eigenvalue weighted by Gasteiger charge is -2.33. The van der Waals surface area contributed by atoms with Crippen molar-refractivity contribution in [3.05, 3.63) is 0 Å². The van der Waals surface area contributed by atoms with Crippen LogP contribution in [-0.4, -0.2) is 41.0 Å². The lowest BCUT2D eigenvalue weighted by Crippen LogP contribution is -2.50. The van der Waals surface area contributed by atoms with Crippen molar-refractivity contribution in [2.45, 2.75) is 39.2 Å². The van der Waals surface area contributed by atoms with Crippen LogP contribution in [0.4, 0.5) is 0 Å². The molecule has 0 saturated carbocycles. The molecule has 5 nitrogen and oxygen atoms in total. The Morgan fingerprint density at radius 3 is 2.35 bits per heavy atom. The summed E-state index contributed by atoms with van der Waals surface area (Å²) in [6.07, 6.45) is 1.95. The van der Waals surface area contributed by atoms with Gasteiger partial charge in [-0.25, -0.2) is 0 Å². The first-order chi connectivity index (χ1) is 7.97. The Balaban J connectivity index is 2.48. The van der Waals surface area contributed by atoms with Gasteiger partial charge in [0.25, 0.3) is 0 Å². The van der Waals surface area contributed by atoms with Gasteiger partial charge in [0, 0.05) is 13.1 Å². The molecule has 0 radical (unpaired) electrons. The molecule has 0 aromatic carbocycles. The second kappa shape index (κ2) is 6.00. The van der Waals surface area contributed by atoms with E-state index in [1.165, 1.54) is 0 Å². The molecule has 0 aliphatic carbocycles. The minimum atomic E-state index is -0.761. The van der Waals surface area contributed by atoms with Crippen LogP contribution in [0.5, 0.6) is 0 Å². The summed E-state index contributed by atoms with van der Waals surface area (Å²) in [6.45, 7) is 5.00. The van der Waals surface area contributed by atoms with E-state index in [-0.39, 0.29) is 17.7 Å². The zero-order chi connectivity index (χ0) is 13.0. The summed E-state index contributed by atoms with van der Waals surface area (Å²) < 4.78 is 0. The number of rotatable bonds is 4. The maximum atomic E-state index is 12.0. The van der Waals surface area contributed by atoms with Gasteiger partial charge in [-0.3, -0.25) is 9.59 Å². The normalized spacial score (nSPS) is 21.0. The molecule has 1 rings (SSSR count). The highest BCUT2D eigenvalue weighted by Crippen LogP contribution is 2.19. The SMILES string of the molecule is CCC(C)C(N)C(=O)N1CCC(C(=O)O)CC1. The number of carbonyl (C=O) groups is 2. The van der Waals surface area contributed by atoms with Gasteiger partial charge in [-0.15, -0.1) is 0 Å². The second-order valence-electron chi connectivity index (χ2n) is 4.85. The van der Waals surface area contributed by atoms with Gasteiger partial charge in [-0.05, 0) is 18.8 Å². The molecule has 3 N–H and O–H groups in total. The number of carboxylic acids is 1. The Kier molecular flexibility index (Phi) is 4.93. The summed E-state index contributed by atoms with van der Waals surface area (Å²) in [7, 11) is 0. The second-order valence-corrected chi connectivity index (χ2v) is 4.85. The van der Waals surface area contributed by atoms with Gasteiger partial charge in [0.15, 0.2) is 0 Å². The highest BCUT2D eigenvalue weighted by Gasteiger charge is 2.30. The van der Waals surface area contributed by atoms with E-state index < -0.39 is 12.0 Å². The number of likely N-dealkylation sites (tertiary alicyclic amines) is 1. The molecule has 1 aliphatic rings. The average Bonchev–Trinajstić information content (AvgIpc) is 2.36. The first-order valence-corrected chi connectivity index (χ1v) is 6.24. The van der Waals surface area contributed by atoms with Crippen LogP contribution < -0.4 is 5.73 Å². The largest absolute Gasteiger partial charge is 0.481 e. The third-order valence-electron chi connectivity index (χ3n) is 3.70. The van der Waals surface area contributed by atoms with Gasteiger partial charge in [-0.1, -0.05) is 20.3 Å². The molecular formula is C12H22N2O3. The van der Waals surface area contributed by atoms with Gasteiger partial charge in [0.05, 0.1) is 12.0 Å². The predicted molar refractivity (Wildman–Crippen MR) is 64.4 cm³/mol. The number of carbonyl (C=O) groups excluding carboxylic acids is 1. The molecule has 1 amide bonds. The standard InChI is InChI=1S/C12H22N2O3/c1-3-8(2)10(13)11(15)14-6-4-9(5-7-14)12(16)17/h8-10H,3-7,13H2,1-2H3,(H,16,17). The molecular weight excluding hydrogens is 220 g/mol. The van der Waals surface area contributed by atoms with E-state index in [2.05, 4.69) is 0 Å². The predicted octanol–water partition coefficient (Wildman–Crippen LogP) is 0.683. The molecule has 98 valence electrons. The fourth-order valence-electron chi connectivity index (χ4n) is 2.05. The Hall–Kier alpha value is -1.10. The highest BCUT2D eigenvalue weighted by atomic mass is 16.4. The highest BCUT2D eigenvalue weighted by molar-refractivity contribution is 5.82. The monoisotopic (exact) mass is 242 g/mol. The summed E-state index contributed by atoms with van der Waals surface area (Å²) in [6, 6.07) is -0.457. The molecule has 0 bridgehead atoms. The maximum Gasteiger partial charge on any atom is 0.306 e. The van der Waals surface area contributed by atoms with Gasteiger partial charge >= 0.3 is 5.97 Å². The van der Waals surface area contributed by atoms with Crippen LogP contribution in [0.25, 0.3) is 0 Å². The molecule has 1 saturated heterocycles. The van der Waals surface area contributed by atoms with E-state index in [1.54, 1.807) is 4.90 Å². The lowest BCUT2D eigenvalue weighted by molar-refractivity contribution is -0.146. The fraction of sp³-hybridized carbons (Fsp3) is 0.833. The van der Waals surface area contributed by atoms with E-state index in [9.17, 15) is 9.59 Å². The van der Waals surface area contributed by atoms with E-state index in [0.29, 0.717) is 25.9 Å². The zero-order valence-corrected chi connectivity index (χ0v) is 10.6. The number of hydrogen-bond acceptors (Lipinski definition) is 3. The third kappa shape index (κ3) is 3.43. The summed E-state index contributed by atoms with van der Waals surface area (Å²) in [5.41, 5.74) is 5.89. The molecule has 1 fully saturated rings. The Morgan fingerprint density at radius 2 is 1.94 bits per heavy atom. The van der Waals surface area contributed by atoms with Crippen LogP contribution in [0.2, 0.25) is 0 Å². The molecule has 0 aromatic heterocycles. The van der Waals surface area contributed by atoms with Gasteiger partial charge in [0.2, 0.25) is 5.91 Å². The quantitative estimate of drug-likeness (QED) is 0.759. The Bertz CT molecular complexity index is 285. The Labute approximate surface area is 102 Å². The number of hydrogen-bond donors (Lipinski definition) is 2. The zero-order valence-electron chi connectivity index (χ0n) is 10.6. The van der Waals surface area contributed by atoms with Crippen LogP contribution in [-0.2, 0) is 9.59 Å². The topological polar surface area (TPSA) is 83.6 Å². The smallest absolute Gasteiger partial charge is 0.306 e. The van der Waals surface area contributed by atoms with Crippen molar-refractivity contribution in [1.82, 2.24) is 4.90 Å². The summed E-state index contributed by atoms with van der Waals surface area (Å²) in [5, 5.41) is 8.87. The van der Waals surface area contributed by atoms with Crippen molar-refractivity contribution in [2.24, 2.45) is 17.6 Å². The maximum absolute atomic E-state index is 12.0. The van der Waals surface area contributed by atoms with E-state index in [4.69, 9.17) is 10.8 Å². The van der Waals surface area contributed by atoms with Crippen molar-refractivity contribution in [1.29, 1.82) is 0 Å². The molecule has 17 heavy (non-hydrogen) atoms. The first kappa shape index (κ1) is 14.0. The third-order valence-corrected chi connectivity index (χ3v) is 3.70. The molecule has 5 heteroatoms. The first-order valence-electron chi connectivity index (χ1n) is 6.24. The Morgan fingerprint density at radius 1 is 1.41 bits per heavy atom. The molecule has 0 aromatic rings. The van der Waals surface area contributed by atoms with Crippen LogP contribution in [0, 0.1) is 11.8 Å². The molecule has 2 atom stereocenters. The van der Waals surface area contributed by atoms with E-state index in [0.717, 1.165) is 6.42 Å². The number of nitrogens with zero attached hydrogens (tertiary/aromatic N) is 1. The molecule has 2 unspecified atom stereocenters. The average molecular weight is 242 g/mol. The van der Waals surface area contributed by atoms with Gasteiger partial charge in [-0.2, -0.15) is 0 Å². The minimum absolute atomic E-state index is 0.0387. The van der Waals surface area contributed by atoms with Gasteiger partial charge < -0.3 is 15.7 Å². The van der Waals surface area contributed by atoms with E-state index >= 15 is 0 Å². The summed E-state index contributed by atoms with van der Waals surface area (Å²) in [4.78, 5) is 24.5. The van der Waals surface area contributed by atoms with Gasteiger partial charge in [0.1, 0.15) is 0 Å². The van der Waals surface area contributed by atoms with Crippen molar-refractivity contribution in [3.8, 4) is 0 Å². The summed E-state index contributed by atoms with van der Waals surface area (Å²) >= 11 is 0. The fourth-order valence-corrected chi connectivity index (χ4v) is 2.05.